The van der Waals surface area contributed by atoms with Crippen LogP contribution in [0.1, 0.15) is 27.7 Å². The summed E-state index contributed by atoms with van der Waals surface area (Å²) in [6, 6.07) is 32.9. The normalized spacial score (nSPS) is 11.0. The summed E-state index contributed by atoms with van der Waals surface area (Å²) in [4.78, 5) is 26.8. The molecule has 0 saturated heterocycles. The fraction of sp³-hybridized carbons (Fsp3) is 0.0357. The molecule has 5 nitrogen and oxygen atoms in total. The number of hydrogen-bond acceptors (Lipinski definition) is 3. The van der Waals surface area contributed by atoms with Gasteiger partial charge in [-0.3, -0.25) is 9.59 Å². The van der Waals surface area contributed by atoms with Crippen LogP contribution in [-0.4, -0.2) is 15.7 Å². The average molecular weight is 466 g/mol. The quantitative estimate of drug-likeness (QED) is 0.369. The summed E-state index contributed by atoms with van der Waals surface area (Å²) in [5.74, 6) is -0.378. The number of carbonyl (C=O) groups excluding carboxylic acids is 1. The Morgan fingerprint density at radius 1 is 0.735 bits per heavy atom. The predicted octanol–water partition coefficient (Wildman–Crippen LogP) is 5.56. The lowest BCUT2D eigenvalue weighted by Crippen LogP contribution is -2.33. The van der Waals surface area contributed by atoms with E-state index >= 15 is 0 Å². The molecule has 5 rings (SSSR count). The number of hydrogen-bond donors (Lipinski definition) is 1. The minimum absolute atomic E-state index is 0.169. The molecule has 0 radical (unpaired) electrons. The zero-order valence-electron chi connectivity index (χ0n) is 18.1. The SMILES string of the molecule is O=C(NC(c1ccccc1)c1ccccc1)c1nn(-c2ccc(Cl)cc2)c(=O)c2ccccc12. The number of aromatic nitrogens is 2. The van der Waals surface area contributed by atoms with Gasteiger partial charge in [-0.25, -0.2) is 0 Å². The van der Waals surface area contributed by atoms with E-state index in [1.807, 2.05) is 60.7 Å². The van der Waals surface area contributed by atoms with Crippen molar-refractivity contribution >= 4 is 28.3 Å². The average Bonchev–Trinajstić information content (AvgIpc) is 2.89. The van der Waals surface area contributed by atoms with Crippen molar-refractivity contribution in [1.29, 1.82) is 0 Å². The van der Waals surface area contributed by atoms with Crippen molar-refractivity contribution in [2.24, 2.45) is 0 Å². The van der Waals surface area contributed by atoms with Crippen molar-refractivity contribution in [2.75, 3.05) is 0 Å². The van der Waals surface area contributed by atoms with E-state index in [9.17, 15) is 9.59 Å². The Hall–Kier alpha value is -4.22. The summed E-state index contributed by atoms with van der Waals surface area (Å²) in [5, 5.41) is 9.07. The molecule has 4 aromatic carbocycles. The molecule has 34 heavy (non-hydrogen) atoms. The number of carbonyl (C=O) groups is 1. The number of halogens is 1. The first-order chi connectivity index (χ1) is 16.6. The van der Waals surface area contributed by atoms with Gasteiger partial charge in [0.05, 0.1) is 17.1 Å². The third-order valence-electron chi connectivity index (χ3n) is 5.63. The molecule has 0 saturated carbocycles. The van der Waals surface area contributed by atoms with Crippen molar-refractivity contribution in [2.45, 2.75) is 6.04 Å². The molecular weight excluding hydrogens is 446 g/mol. The second-order valence-electron chi connectivity index (χ2n) is 7.82. The molecular formula is C28H20ClN3O2. The summed E-state index contributed by atoms with van der Waals surface area (Å²) < 4.78 is 1.24. The fourth-order valence-electron chi connectivity index (χ4n) is 3.96. The van der Waals surface area contributed by atoms with Crippen molar-refractivity contribution in [3.8, 4) is 5.69 Å². The summed E-state index contributed by atoms with van der Waals surface area (Å²) in [7, 11) is 0. The molecule has 0 atom stereocenters. The van der Waals surface area contributed by atoms with Crippen molar-refractivity contribution in [3.63, 3.8) is 0 Å². The Labute approximate surface area is 201 Å². The number of amides is 1. The fourth-order valence-corrected chi connectivity index (χ4v) is 4.09. The Morgan fingerprint density at radius 2 is 1.26 bits per heavy atom. The van der Waals surface area contributed by atoms with Crippen LogP contribution >= 0.6 is 11.6 Å². The van der Waals surface area contributed by atoms with E-state index < -0.39 is 0 Å². The molecule has 166 valence electrons. The van der Waals surface area contributed by atoms with Crippen LogP contribution < -0.4 is 10.9 Å². The van der Waals surface area contributed by atoms with Gasteiger partial charge in [0.15, 0.2) is 5.69 Å². The minimum atomic E-state index is -0.383. The third kappa shape index (κ3) is 4.21. The van der Waals surface area contributed by atoms with Gasteiger partial charge >= 0.3 is 0 Å². The molecule has 1 N–H and O–H groups in total. The van der Waals surface area contributed by atoms with Crippen molar-refractivity contribution < 1.29 is 4.79 Å². The zero-order chi connectivity index (χ0) is 23.5. The summed E-state index contributed by atoms with van der Waals surface area (Å²) in [5.41, 5.74) is 2.27. The lowest BCUT2D eigenvalue weighted by Gasteiger charge is -2.20. The first kappa shape index (κ1) is 21.6. The Balaban J connectivity index is 1.63. The van der Waals surface area contributed by atoms with Gasteiger partial charge in [-0.15, -0.1) is 0 Å². The number of nitrogens with one attached hydrogen (secondary N) is 1. The van der Waals surface area contributed by atoms with Gasteiger partial charge in [0.25, 0.3) is 11.5 Å². The van der Waals surface area contributed by atoms with Gasteiger partial charge in [0, 0.05) is 10.4 Å². The van der Waals surface area contributed by atoms with Gasteiger partial charge in [-0.05, 0) is 41.5 Å². The first-order valence-corrected chi connectivity index (χ1v) is 11.2. The summed E-state index contributed by atoms with van der Waals surface area (Å²) in [6.07, 6.45) is 0. The smallest absolute Gasteiger partial charge is 0.279 e. The Bertz CT molecular complexity index is 1480. The molecule has 0 unspecified atom stereocenters. The van der Waals surface area contributed by atoms with Gasteiger partial charge in [0.1, 0.15) is 0 Å². The van der Waals surface area contributed by atoms with E-state index in [0.717, 1.165) is 11.1 Å². The zero-order valence-corrected chi connectivity index (χ0v) is 18.8. The van der Waals surface area contributed by atoms with Gasteiger partial charge in [0.2, 0.25) is 0 Å². The highest BCUT2D eigenvalue weighted by Crippen LogP contribution is 2.23. The molecule has 1 heterocycles. The van der Waals surface area contributed by atoms with Crippen LogP contribution in [0.4, 0.5) is 0 Å². The summed E-state index contributed by atoms with van der Waals surface area (Å²) >= 11 is 6.02. The molecule has 1 aromatic heterocycles. The number of nitrogens with zero attached hydrogens (tertiary/aromatic N) is 2. The maximum atomic E-state index is 13.7. The van der Waals surface area contributed by atoms with E-state index in [0.29, 0.717) is 21.5 Å². The molecule has 0 aliphatic carbocycles. The van der Waals surface area contributed by atoms with E-state index in [2.05, 4.69) is 10.4 Å². The number of benzene rings is 4. The first-order valence-electron chi connectivity index (χ1n) is 10.8. The van der Waals surface area contributed by atoms with E-state index in [1.165, 1.54) is 4.68 Å². The molecule has 0 bridgehead atoms. The minimum Gasteiger partial charge on any atom is -0.340 e. The lowest BCUT2D eigenvalue weighted by molar-refractivity contribution is 0.0938. The molecule has 0 spiro atoms. The van der Waals surface area contributed by atoms with Crippen LogP contribution in [0, 0.1) is 0 Å². The second kappa shape index (κ2) is 9.33. The largest absolute Gasteiger partial charge is 0.340 e. The standard InChI is InChI=1S/C28H20ClN3O2/c29-21-15-17-22(18-16-21)32-28(34)24-14-8-7-13-23(24)26(31-32)27(33)30-25(19-9-3-1-4-10-19)20-11-5-2-6-12-20/h1-18,25H,(H,30,33). The highest BCUT2D eigenvalue weighted by Gasteiger charge is 2.22. The monoisotopic (exact) mass is 465 g/mol. The predicted molar refractivity (Wildman–Crippen MR) is 135 cm³/mol. The van der Waals surface area contributed by atoms with E-state index in [4.69, 9.17) is 11.6 Å². The molecule has 0 aliphatic rings. The van der Waals surface area contributed by atoms with Crippen LogP contribution in [0.2, 0.25) is 5.02 Å². The van der Waals surface area contributed by atoms with Gasteiger partial charge < -0.3 is 5.32 Å². The van der Waals surface area contributed by atoms with Gasteiger partial charge in [-0.1, -0.05) is 90.5 Å². The van der Waals surface area contributed by atoms with Crippen molar-refractivity contribution in [1.82, 2.24) is 15.1 Å². The lowest BCUT2D eigenvalue weighted by atomic mass is 9.98. The van der Waals surface area contributed by atoms with Gasteiger partial charge in [-0.2, -0.15) is 9.78 Å². The Kier molecular flexibility index (Phi) is 5.93. The molecule has 1 amide bonds. The maximum absolute atomic E-state index is 13.7. The molecule has 0 aliphatic heterocycles. The van der Waals surface area contributed by atoms with Crippen LogP contribution in [0.25, 0.3) is 16.5 Å². The van der Waals surface area contributed by atoms with Crippen LogP contribution in [-0.2, 0) is 0 Å². The highest BCUT2D eigenvalue weighted by molar-refractivity contribution is 6.30. The Morgan fingerprint density at radius 3 is 1.85 bits per heavy atom. The number of fused-ring (bicyclic) bond motifs is 1. The van der Waals surface area contributed by atoms with E-state index in [1.54, 1.807) is 48.5 Å². The van der Waals surface area contributed by atoms with E-state index in [-0.39, 0.29) is 23.2 Å². The second-order valence-corrected chi connectivity index (χ2v) is 8.25. The summed E-state index contributed by atoms with van der Waals surface area (Å²) in [6.45, 7) is 0. The molecule has 0 fully saturated rings. The van der Waals surface area contributed by atoms with Crippen LogP contribution in [0.15, 0.2) is 114 Å². The molecule has 6 heteroatoms. The number of rotatable bonds is 5. The van der Waals surface area contributed by atoms with Crippen LogP contribution in [0.3, 0.4) is 0 Å². The van der Waals surface area contributed by atoms with Crippen molar-refractivity contribution in [3.05, 3.63) is 141 Å². The third-order valence-corrected chi connectivity index (χ3v) is 5.88. The maximum Gasteiger partial charge on any atom is 0.279 e. The molecule has 5 aromatic rings. The van der Waals surface area contributed by atoms with Crippen LogP contribution in [0.5, 0.6) is 0 Å². The highest BCUT2D eigenvalue weighted by atomic mass is 35.5. The topological polar surface area (TPSA) is 64.0 Å².